The molecule has 0 saturated carbocycles. The Balaban J connectivity index is 1.95. The average molecular weight is 468 g/mol. The van der Waals surface area contributed by atoms with E-state index in [1.54, 1.807) is 18.2 Å². The van der Waals surface area contributed by atoms with Crippen molar-refractivity contribution in [3.05, 3.63) is 89.1 Å². The Morgan fingerprint density at radius 2 is 1.86 bits per heavy atom. The number of H-pyrrole nitrogens is 1. The molecule has 2 aromatic carbocycles. The summed E-state index contributed by atoms with van der Waals surface area (Å²) in [5.41, 5.74) is 6.86. The number of thiocarbonyl (C=S) groups is 1. The van der Waals surface area contributed by atoms with Gasteiger partial charge in [-0.1, -0.05) is 53.1 Å². The highest BCUT2D eigenvalue weighted by molar-refractivity contribution is 7.80. The summed E-state index contributed by atoms with van der Waals surface area (Å²) in [5.74, 6) is 0. The van der Waals surface area contributed by atoms with Gasteiger partial charge in [-0.25, -0.2) is 4.79 Å². The zero-order chi connectivity index (χ0) is 20.9. The molecule has 1 aliphatic rings. The van der Waals surface area contributed by atoms with Gasteiger partial charge >= 0.3 is 5.69 Å². The molecule has 3 aromatic rings. The molecule has 29 heavy (non-hydrogen) atoms. The Labute approximate surface area is 185 Å². The van der Waals surface area contributed by atoms with E-state index in [4.69, 9.17) is 52.8 Å². The summed E-state index contributed by atoms with van der Waals surface area (Å²) in [7, 11) is 0. The van der Waals surface area contributed by atoms with Crippen molar-refractivity contribution >= 4 is 52.0 Å². The fourth-order valence-electron chi connectivity index (χ4n) is 3.91. The molecule has 1 atom stereocenters. The molecule has 1 heterocycles. The molecule has 0 saturated heterocycles. The minimum Gasteiger partial charge on any atom is -0.392 e. The first kappa shape index (κ1) is 20.1. The van der Waals surface area contributed by atoms with E-state index in [0.717, 1.165) is 22.0 Å². The van der Waals surface area contributed by atoms with Crippen LogP contribution >= 0.6 is 47.0 Å². The minimum absolute atomic E-state index is 0.245. The van der Waals surface area contributed by atoms with Gasteiger partial charge in [0.25, 0.3) is 5.56 Å². The Morgan fingerprint density at radius 1 is 1.17 bits per heavy atom. The SMILES string of the molecule is NC(=S)C1(c2c(Cl)cc(-n3ncc(=O)[nH]c3=O)cc2Cl)CCc2cc(Cl)ccc21. The smallest absolute Gasteiger partial charge is 0.349 e. The highest BCUT2D eigenvalue weighted by atomic mass is 35.5. The van der Waals surface area contributed by atoms with Crippen molar-refractivity contribution in [3.63, 3.8) is 0 Å². The maximum atomic E-state index is 12.1. The Hall–Kier alpha value is -2.19. The summed E-state index contributed by atoms with van der Waals surface area (Å²) in [5, 5.41) is 5.02. The van der Waals surface area contributed by atoms with Crippen LogP contribution in [0.3, 0.4) is 0 Å². The molecule has 10 heteroatoms. The van der Waals surface area contributed by atoms with Gasteiger partial charge in [-0.05, 0) is 48.2 Å². The van der Waals surface area contributed by atoms with Gasteiger partial charge < -0.3 is 5.73 Å². The van der Waals surface area contributed by atoms with Crippen molar-refractivity contribution in [2.24, 2.45) is 5.73 Å². The number of halogens is 3. The molecule has 0 radical (unpaired) electrons. The van der Waals surface area contributed by atoms with Gasteiger partial charge in [0.15, 0.2) is 0 Å². The summed E-state index contributed by atoms with van der Waals surface area (Å²) in [6, 6.07) is 8.64. The van der Waals surface area contributed by atoms with Crippen molar-refractivity contribution in [2.45, 2.75) is 18.3 Å². The largest absolute Gasteiger partial charge is 0.392 e. The number of aromatic nitrogens is 3. The molecule has 1 aliphatic carbocycles. The number of aromatic amines is 1. The number of rotatable bonds is 3. The van der Waals surface area contributed by atoms with E-state index in [1.165, 1.54) is 0 Å². The van der Waals surface area contributed by atoms with Gasteiger partial charge in [0.2, 0.25) is 0 Å². The maximum Gasteiger partial charge on any atom is 0.349 e. The van der Waals surface area contributed by atoms with E-state index < -0.39 is 16.7 Å². The fourth-order valence-corrected chi connectivity index (χ4v) is 5.21. The fraction of sp³-hybridized carbons (Fsp3) is 0.158. The molecule has 1 aromatic heterocycles. The van der Waals surface area contributed by atoms with Crippen LogP contribution in [0.4, 0.5) is 0 Å². The molecule has 4 rings (SSSR count). The van der Waals surface area contributed by atoms with Crippen LogP contribution in [0.5, 0.6) is 0 Å². The summed E-state index contributed by atoms with van der Waals surface area (Å²) in [6.07, 6.45) is 2.29. The lowest BCUT2D eigenvalue weighted by molar-refractivity contribution is 0.676. The van der Waals surface area contributed by atoms with Crippen LogP contribution in [0.15, 0.2) is 46.1 Å². The second kappa shape index (κ2) is 7.25. The Bertz CT molecular complexity index is 1260. The first-order chi connectivity index (χ1) is 13.7. The van der Waals surface area contributed by atoms with Crippen molar-refractivity contribution < 1.29 is 0 Å². The topological polar surface area (TPSA) is 93.8 Å². The first-order valence-electron chi connectivity index (χ1n) is 8.51. The van der Waals surface area contributed by atoms with E-state index in [2.05, 4.69) is 10.1 Å². The summed E-state index contributed by atoms with van der Waals surface area (Å²) in [6.45, 7) is 0. The highest BCUT2D eigenvalue weighted by Crippen LogP contribution is 2.50. The van der Waals surface area contributed by atoms with Gasteiger partial charge in [0, 0.05) is 20.6 Å². The van der Waals surface area contributed by atoms with E-state index in [-0.39, 0.29) is 15.0 Å². The third kappa shape index (κ3) is 3.18. The zero-order valence-electron chi connectivity index (χ0n) is 14.7. The van der Waals surface area contributed by atoms with E-state index in [1.807, 2.05) is 12.1 Å². The van der Waals surface area contributed by atoms with Gasteiger partial charge in [-0.2, -0.15) is 9.78 Å². The second-order valence-electron chi connectivity index (χ2n) is 6.71. The van der Waals surface area contributed by atoms with Crippen LogP contribution in [0.2, 0.25) is 15.1 Å². The van der Waals surface area contributed by atoms with Crippen molar-refractivity contribution in [1.29, 1.82) is 0 Å². The number of nitrogens with zero attached hydrogens (tertiary/aromatic N) is 2. The van der Waals surface area contributed by atoms with Crippen molar-refractivity contribution in [3.8, 4) is 5.69 Å². The number of hydrogen-bond donors (Lipinski definition) is 2. The number of nitrogens with two attached hydrogens (primary N) is 1. The summed E-state index contributed by atoms with van der Waals surface area (Å²) < 4.78 is 0.999. The minimum atomic E-state index is -0.856. The number of fused-ring (bicyclic) bond motifs is 1. The predicted octanol–water partition coefficient (Wildman–Crippen LogP) is 3.40. The van der Waals surface area contributed by atoms with Crippen molar-refractivity contribution in [1.82, 2.24) is 14.8 Å². The van der Waals surface area contributed by atoms with E-state index in [0.29, 0.717) is 29.1 Å². The lowest BCUT2D eigenvalue weighted by atomic mass is 9.75. The van der Waals surface area contributed by atoms with Gasteiger partial charge in [-0.15, -0.1) is 0 Å². The first-order valence-corrected chi connectivity index (χ1v) is 10.1. The van der Waals surface area contributed by atoms with E-state index in [9.17, 15) is 9.59 Å². The van der Waals surface area contributed by atoms with Crippen LogP contribution in [0.25, 0.3) is 5.69 Å². The standard InChI is InChI=1S/C19H13Cl3N4O2S/c20-10-1-2-12-9(5-10)3-4-19(12,17(23)29)16-13(21)6-11(7-14(16)22)26-18(28)25-15(27)8-24-26/h1-2,5-8H,3-4H2,(H2,23,29)(H,25,27,28). The monoisotopic (exact) mass is 466 g/mol. The van der Waals surface area contributed by atoms with E-state index >= 15 is 0 Å². The third-order valence-corrected chi connectivity index (χ3v) is 6.31. The van der Waals surface area contributed by atoms with Gasteiger partial charge in [0.1, 0.15) is 6.20 Å². The molecular formula is C19H13Cl3N4O2S. The Kier molecular flexibility index (Phi) is 5.02. The van der Waals surface area contributed by atoms with Crippen LogP contribution in [0.1, 0.15) is 23.1 Å². The van der Waals surface area contributed by atoms with Gasteiger partial charge in [-0.3, -0.25) is 9.78 Å². The molecule has 1 unspecified atom stereocenters. The maximum absolute atomic E-state index is 12.1. The second-order valence-corrected chi connectivity index (χ2v) is 8.40. The average Bonchev–Trinajstić information content (AvgIpc) is 3.00. The quantitative estimate of drug-likeness (QED) is 0.576. The molecule has 6 nitrogen and oxygen atoms in total. The summed E-state index contributed by atoms with van der Waals surface area (Å²) >= 11 is 24.9. The van der Waals surface area contributed by atoms with Crippen LogP contribution in [-0.4, -0.2) is 19.8 Å². The van der Waals surface area contributed by atoms with Crippen LogP contribution in [-0.2, 0) is 11.8 Å². The highest BCUT2D eigenvalue weighted by Gasteiger charge is 2.45. The molecule has 148 valence electrons. The molecule has 0 aliphatic heterocycles. The normalized spacial score (nSPS) is 17.9. The Morgan fingerprint density at radius 3 is 2.48 bits per heavy atom. The zero-order valence-corrected chi connectivity index (χ0v) is 17.8. The third-order valence-electron chi connectivity index (χ3n) is 5.13. The lowest BCUT2D eigenvalue weighted by Crippen LogP contribution is -2.39. The predicted molar refractivity (Wildman–Crippen MR) is 118 cm³/mol. The lowest BCUT2D eigenvalue weighted by Gasteiger charge is -2.32. The van der Waals surface area contributed by atoms with Crippen LogP contribution < -0.4 is 17.0 Å². The number of benzene rings is 2. The van der Waals surface area contributed by atoms with Gasteiger partial charge in [0.05, 0.1) is 16.1 Å². The summed E-state index contributed by atoms with van der Waals surface area (Å²) in [4.78, 5) is 25.7. The number of aryl methyl sites for hydroxylation is 1. The number of hydrogen-bond acceptors (Lipinski definition) is 4. The molecular weight excluding hydrogens is 455 g/mol. The molecule has 3 N–H and O–H groups in total. The molecule has 0 fully saturated rings. The molecule has 0 bridgehead atoms. The number of nitrogens with one attached hydrogen (secondary N) is 1. The molecule has 0 spiro atoms. The molecule has 0 amide bonds. The van der Waals surface area contributed by atoms with Crippen molar-refractivity contribution in [2.75, 3.05) is 0 Å². The van der Waals surface area contributed by atoms with Crippen LogP contribution in [0, 0.1) is 0 Å².